The largest absolute Gasteiger partial charge is 0.367 e. The van der Waals surface area contributed by atoms with Crippen LogP contribution >= 0.6 is 0 Å². The van der Waals surface area contributed by atoms with Crippen LogP contribution in [-0.4, -0.2) is 36.5 Å². The second-order valence-corrected chi connectivity index (χ2v) is 5.49. The Morgan fingerprint density at radius 1 is 1.40 bits per heavy atom. The fourth-order valence-corrected chi connectivity index (χ4v) is 2.83. The Morgan fingerprint density at radius 2 is 2.15 bits per heavy atom. The van der Waals surface area contributed by atoms with Crippen LogP contribution in [0.1, 0.15) is 25.3 Å². The lowest BCUT2D eigenvalue weighted by atomic mass is 9.91. The van der Waals surface area contributed by atoms with E-state index >= 15 is 0 Å². The first-order chi connectivity index (χ1) is 9.72. The van der Waals surface area contributed by atoms with E-state index in [0.717, 1.165) is 24.9 Å². The van der Waals surface area contributed by atoms with Gasteiger partial charge in [-0.1, -0.05) is 37.3 Å². The van der Waals surface area contributed by atoms with Gasteiger partial charge in [0.25, 0.3) is 0 Å². The molecule has 1 fully saturated rings. The lowest BCUT2D eigenvalue weighted by molar-refractivity contribution is -0.141. The first-order valence-corrected chi connectivity index (χ1v) is 7.33. The molecule has 1 aromatic rings. The zero-order chi connectivity index (χ0) is 14.4. The predicted molar refractivity (Wildman–Crippen MR) is 79.1 cm³/mol. The van der Waals surface area contributed by atoms with Gasteiger partial charge in [-0.3, -0.25) is 4.79 Å². The molecule has 2 N–H and O–H groups in total. The highest BCUT2D eigenvalue weighted by Crippen LogP contribution is 2.22. The molecule has 0 radical (unpaired) electrons. The number of ether oxygens (including phenoxy) is 1. The summed E-state index contributed by atoms with van der Waals surface area (Å²) in [4.78, 5) is 14.2. The van der Waals surface area contributed by atoms with Crippen molar-refractivity contribution in [3.8, 4) is 0 Å². The lowest BCUT2D eigenvalue weighted by Gasteiger charge is -2.39. The number of hydrogen-bond acceptors (Lipinski definition) is 3. The molecule has 2 rings (SSSR count). The standard InChI is InChI=1S/C16H24N2O2/c1-13-6-5-9-18(15(13)10-17)16(19)12-20-11-14-7-3-2-4-8-14/h2-4,7-8,13,15H,5-6,9-12,17H2,1H3/t13-,15+/m0/s1. The van der Waals surface area contributed by atoms with Crippen molar-refractivity contribution in [1.82, 2.24) is 4.90 Å². The Labute approximate surface area is 120 Å². The molecule has 0 aromatic heterocycles. The molecule has 2 atom stereocenters. The van der Waals surface area contributed by atoms with E-state index in [2.05, 4.69) is 6.92 Å². The Kier molecular flexibility index (Phi) is 5.56. The summed E-state index contributed by atoms with van der Waals surface area (Å²) in [6, 6.07) is 10.1. The van der Waals surface area contributed by atoms with Crippen LogP contribution in [0.15, 0.2) is 30.3 Å². The van der Waals surface area contributed by atoms with Gasteiger partial charge in [-0.25, -0.2) is 0 Å². The minimum atomic E-state index is 0.0583. The SMILES string of the molecule is C[C@H]1CCCN(C(=O)COCc2ccccc2)[C@@H]1CN. The number of carbonyl (C=O) groups excluding carboxylic acids is 1. The van der Waals surface area contributed by atoms with Crippen LogP contribution < -0.4 is 5.73 Å². The second kappa shape index (κ2) is 7.41. The van der Waals surface area contributed by atoms with E-state index in [1.165, 1.54) is 0 Å². The highest BCUT2D eigenvalue weighted by atomic mass is 16.5. The third-order valence-electron chi connectivity index (χ3n) is 4.01. The Bertz CT molecular complexity index is 422. The van der Waals surface area contributed by atoms with E-state index in [1.54, 1.807) is 0 Å². The fraction of sp³-hybridized carbons (Fsp3) is 0.562. The third kappa shape index (κ3) is 3.81. The Morgan fingerprint density at radius 3 is 2.85 bits per heavy atom. The van der Waals surface area contributed by atoms with Crippen molar-refractivity contribution in [1.29, 1.82) is 0 Å². The molecule has 110 valence electrons. The van der Waals surface area contributed by atoms with Crippen molar-refractivity contribution in [2.24, 2.45) is 11.7 Å². The molecule has 1 aliphatic heterocycles. The molecular formula is C16H24N2O2. The molecule has 4 heteroatoms. The minimum Gasteiger partial charge on any atom is -0.367 e. The molecular weight excluding hydrogens is 252 g/mol. The first-order valence-electron chi connectivity index (χ1n) is 7.33. The fourth-order valence-electron chi connectivity index (χ4n) is 2.83. The number of amides is 1. The highest BCUT2D eigenvalue weighted by Gasteiger charge is 2.30. The zero-order valence-corrected chi connectivity index (χ0v) is 12.1. The molecule has 1 aromatic carbocycles. The van der Waals surface area contributed by atoms with Crippen LogP contribution in [-0.2, 0) is 16.1 Å². The molecule has 1 saturated heterocycles. The van der Waals surface area contributed by atoms with Gasteiger partial charge in [0, 0.05) is 19.1 Å². The van der Waals surface area contributed by atoms with Crippen LogP contribution in [0.4, 0.5) is 0 Å². The van der Waals surface area contributed by atoms with E-state index in [9.17, 15) is 4.79 Å². The Balaban J connectivity index is 1.82. The molecule has 1 heterocycles. The minimum absolute atomic E-state index is 0.0583. The molecule has 1 aliphatic rings. The number of hydrogen-bond donors (Lipinski definition) is 1. The second-order valence-electron chi connectivity index (χ2n) is 5.49. The summed E-state index contributed by atoms with van der Waals surface area (Å²) in [5.41, 5.74) is 6.89. The van der Waals surface area contributed by atoms with Gasteiger partial charge in [-0.2, -0.15) is 0 Å². The summed E-state index contributed by atoms with van der Waals surface area (Å²) < 4.78 is 5.53. The third-order valence-corrected chi connectivity index (χ3v) is 4.01. The number of rotatable bonds is 5. The van der Waals surface area contributed by atoms with Crippen molar-refractivity contribution >= 4 is 5.91 Å². The monoisotopic (exact) mass is 276 g/mol. The van der Waals surface area contributed by atoms with Gasteiger partial charge in [0.2, 0.25) is 5.91 Å². The van der Waals surface area contributed by atoms with Gasteiger partial charge in [-0.15, -0.1) is 0 Å². The van der Waals surface area contributed by atoms with E-state index in [0.29, 0.717) is 19.1 Å². The topological polar surface area (TPSA) is 55.6 Å². The molecule has 0 saturated carbocycles. The summed E-state index contributed by atoms with van der Waals surface area (Å²) in [6.07, 6.45) is 2.21. The van der Waals surface area contributed by atoms with E-state index in [-0.39, 0.29) is 18.6 Å². The van der Waals surface area contributed by atoms with Gasteiger partial charge in [-0.05, 0) is 24.3 Å². The molecule has 0 aliphatic carbocycles. The van der Waals surface area contributed by atoms with Gasteiger partial charge in [0.05, 0.1) is 6.61 Å². The van der Waals surface area contributed by atoms with Crippen LogP contribution in [0.25, 0.3) is 0 Å². The van der Waals surface area contributed by atoms with Crippen molar-refractivity contribution in [2.75, 3.05) is 19.7 Å². The van der Waals surface area contributed by atoms with E-state index in [1.807, 2.05) is 35.2 Å². The van der Waals surface area contributed by atoms with Crippen LogP contribution in [0.5, 0.6) is 0 Å². The van der Waals surface area contributed by atoms with Crippen LogP contribution in [0.3, 0.4) is 0 Å². The maximum absolute atomic E-state index is 12.2. The number of nitrogens with zero attached hydrogens (tertiary/aromatic N) is 1. The van der Waals surface area contributed by atoms with Gasteiger partial charge in [0.1, 0.15) is 6.61 Å². The number of likely N-dealkylation sites (tertiary alicyclic amines) is 1. The maximum Gasteiger partial charge on any atom is 0.248 e. The summed E-state index contributed by atoms with van der Waals surface area (Å²) in [5, 5.41) is 0. The average Bonchev–Trinajstić information content (AvgIpc) is 2.48. The van der Waals surface area contributed by atoms with Crippen molar-refractivity contribution in [3.05, 3.63) is 35.9 Å². The van der Waals surface area contributed by atoms with E-state index < -0.39 is 0 Å². The predicted octanol–water partition coefficient (Wildman–Crippen LogP) is 1.79. The van der Waals surface area contributed by atoms with Crippen LogP contribution in [0.2, 0.25) is 0 Å². The molecule has 0 spiro atoms. The quantitative estimate of drug-likeness (QED) is 0.892. The molecule has 1 amide bonds. The Hall–Kier alpha value is -1.39. The molecule has 4 nitrogen and oxygen atoms in total. The van der Waals surface area contributed by atoms with Gasteiger partial charge < -0.3 is 15.4 Å². The molecule has 20 heavy (non-hydrogen) atoms. The van der Waals surface area contributed by atoms with Gasteiger partial charge >= 0.3 is 0 Å². The molecule has 0 bridgehead atoms. The zero-order valence-electron chi connectivity index (χ0n) is 12.1. The first kappa shape index (κ1) is 15.0. The van der Waals surface area contributed by atoms with Crippen LogP contribution in [0, 0.1) is 5.92 Å². The molecule has 0 unspecified atom stereocenters. The number of piperidine rings is 1. The number of benzene rings is 1. The maximum atomic E-state index is 12.2. The highest BCUT2D eigenvalue weighted by molar-refractivity contribution is 5.78. The smallest absolute Gasteiger partial charge is 0.248 e. The lowest BCUT2D eigenvalue weighted by Crippen LogP contribution is -2.52. The van der Waals surface area contributed by atoms with E-state index in [4.69, 9.17) is 10.5 Å². The van der Waals surface area contributed by atoms with Crippen molar-refractivity contribution < 1.29 is 9.53 Å². The van der Waals surface area contributed by atoms with Crippen molar-refractivity contribution in [2.45, 2.75) is 32.4 Å². The van der Waals surface area contributed by atoms with Gasteiger partial charge in [0.15, 0.2) is 0 Å². The number of carbonyl (C=O) groups is 1. The average molecular weight is 276 g/mol. The number of nitrogens with two attached hydrogens (primary N) is 1. The van der Waals surface area contributed by atoms with Crippen molar-refractivity contribution in [3.63, 3.8) is 0 Å². The summed E-state index contributed by atoms with van der Waals surface area (Å²) in [5.74, 6) is 0.537. The summed E-state index contributed by atoms with van der Waals surface area (Å²) in [7, 11) is 0. The summed E-state index contributed by atoms with van der Waals surface area (Å²) >= 11 is 0. The summed E-state index contributed by atoms with van der Waals surface area (Å²) in [6.45, 7) is 4.12. The normalized spacial score (nSPS) is 22.8.